The summed E-state index contributed by atoms with van der Waals surface area (Å²) in [7, 11) is 0. The Kier molecular flexibility index (Phi) is 8.20. The molecule has 2 heterocycles. The Morgan fingerprint density at radius 2 is 1.79 bits per heavy atom. The minimum absolute atomic E-state index is 0.0587. The van der Waals surface area contributed by atoms with E-state index in [1.165, 1.54) is 6.07 Å². The van der Waals surface area contributed by atoms with Crippen LogP contribution in [0.4, 0.5) is 0 Å². The van der Waals surface area contributed by atoms with Crippen molar-refractivity contribution < 1.29 is 69.4 Å². The summed E-state index contributed by atoms with van der Waals surface area (Å²) >= 11 is 0. The number of phenols is 3. The number of hydrogen-bond donors (Lipinski definition) is 10. The summed E-state index contributed by atoms with van der Waals surface area (Å²) in [4.78, 5) is 37.0. The molecule has 1 saturated heterocycles. The number of fused-ring (bicyclic) bond motifs is 1. The van der Waals surface area contributed by atoms with E-state index >= 15 is 0 Å². The van der Waals surface area contributed by atoms with Gasteiger partial charge in [-0.15, -0.1) is 0 Å². The number of benzene rings is 2. The lowest BCUT2D eigenvalue weighted by molar-refractivity contribution is -0.284. The highest BCUT2D eigenvalue weighted by Gasteiger charge is 2.56. The molecule has 1 amide bonds. The summed E-state index contributed by atoms with van der Waals surface area (Å²) in [5.74, 6) is -9.24. The van der Waals surface area contributed by atoms with Gasteiger partial charge in [0.2, 0.25) is 17.1 Å². The zero-order chi connectivity index (χ0) is 31.1. The number of amides is 1. The number of ether oxygens (including phenoxy) is 2. The highest BCUT2D eigenvalue weighted by molar-refractivity contribution is 5.88. The van der Waals surface area contributed by atoms with Gasteiger partial charge in [0.25, 0.3) is 0 Å². The van der Waals surface area contributed by atoms with Gasteiger partial charge in [-0.2, -0.15) is 0 Å². The van der Waals surface area contributed by atoms with E-state index in [9.17, 15) is 60.3 Å². The number of phenolic OH excluding ortho intramolecular Hbond substituents is 3. The number of aliphatic hydroxyl groups is 4. The molecular formula is C26H27NO15. The Labute approximate surface area is 234 Å². The number of hydrogen-bond acceptors (Lipinski definition) is 14. The number of carbonyl (C=O) groups excluding carboxylic acids is 1. The monoisotopic (exact) mass is 593 g/mol. The largest absolute Gasteiger partial charge is 0.507 e. The zero-order valence-corrected chi connectivity index (χ0v) is 21.7. The molecule has 42 heavy (non-hydrogen) atoms. The third kappa shape index (κ3) is 5.48. The van der Waals surface area contributed by atoms with Gasteiger partial charge in [-0.05, 0) is 18.2 Å². The Balaban J connectivity index is 1.81. The number of carboxylic acid groups (broad SMARTS) is 1. The van der Waals surface area contributed by atoms with Crippen molar-refractivity contribution in [2.75, 3.05) is 6.61 Å². The minimum Gasteiger partial charge on any atom is -0.507 e. The molecule has 2 aromatic carbocycles. The van der Waals surface area contributed by atoms with E-state index in [4.69, 9.17) is 13.9 Å². The molecule has 16 heteroatoms. The van der Waals surface area contributed by atoms with Gasteiger partial charge >= 0.3 is 11.8 Å². The van der Waals surface area contributed by atoms with Crippen LogP contribution in [-0.4, -0.2) is 101 Å². The normalized spacial score (nSPS) is 23.7. The van der Waals surface area contributed by atoms with Crippen LogP contribution in [0.5, 0.6) is 28.7 Å². The number of aliphatic hydroxyl groups excluding tert-OH is 4. The van der Waals surface area contributed by atoms with Crippen molar-refractivity contribution in [1.82, 2.24) is 5.32 Å². The molecule has 10 N–H and O–H groups in total. The van der Waals surface area contributed by atoms with Crippen molar-refractivity contribution >= 4 is 22.8 Å². The summed E-state index contributed by atoms with van der Waals surface area (Å²) in [5.41, 5.74) is -1.60. The molecule has 4 rings (SSSR count). The van der Waals surface area contributed by atoms with Crippen molar-refractivity contribution in [3.05, 3.63) is 40.6 Å². The van der Waals surface area contributed by atoms with Gasteiger partial charge in [-0.1, -0.05) is 0 Å². The first-order valence-electron chi connectivity index (χ1n) is 12.3. The summed E-state index contributed by atoms with van der Waals surface area (Å²) in [5, 5.41) is 92.8. The lowest BCUT2D eigenvalue weighted by Gasteiger charge is -2.46. The van der Waals surface area contributed by atoms with Crippen molar-refractivity contribution in [3.63, 3.8) is 0 Å². The molecule has 16 nitrogen and oxygen atoms in total. The molecule has 0 aliphatic carbocycles. The van der Waals surface area contributed by atoms with E-state index in [-0.39, 0.29) is 5.56 Å². The molecule has 1 aliphatic rings. The number of rotatable bonds is 8. The van der Waals surface area contributed by atoms with Gasteiger partial charge < -0.3 is 65.2 Å². The van der Waals surface area contributed by atoms with E-state index in [0.717, 1.165) is 31.2 Å². The first-order chi connectivity index (χ1) is 19.7. The fourth-order valence-corrected chi connectivity index (χ4v) is 4.61. The number of carboxylic acids is 1. The molecule has 0 radical (unpaired) electrons. The quantitative estimate of drug-likeness (QED) is 0.137. The van der Waals surface area contributed by atoms with Crippen LogP contribution in [0.3, 0.4) is 0 Å². The molecular weight excluding hydrogens is 566 g/mol. The van der Waals surface area contributed by atoms with Gasteiger partial charge in [-0.3, -0.25) is 9.59 Å². The van der Waals surface area contributed by atoms with E-state index in [1.54, 1.807) is 0 Å². The zero-order valence-electron chi connectivity index (χ0n) is 21.7. The van der Waals surface area contributed by atoms with Gasteiger partial charge in [0.15, 0.2) is 17.3 Å². The second-order valence-electron chi connectivity index (χ2n) is 9.61. The summed E-state index contributed by atoms with van der Waals surface area (Å²) < 4.78 is 16.7. The Morgan fingerprint density at radius 3 is 2.38 bits per heavy atom. The van der Waals surface area contributed by atoms with E-state index in [0.29, 0.717) is 0 Å². The Morgan fingerprint density at radius 1 is 1.10 bits per heavy atom. The highest BCUT2D eigenvalue weighted by atomic mass is 16.7. The summed E-state index contributed by atoms with van der Waals surface area (Å²) in [6.45, 7) is 0.0851. The summed E-state index contributed by atoms with van der Waals surface area (Å²) in [6.07, 6.45) is -8.36. The number of carbonyl (C=O) groups is 2. The van der Waals surface area contributed by atoms with Gasteiger partial charge in [0.05, 0.1) is 25.2 Å². The van der Waals surface area contributed by atoms with Crippen LogP contribution >= 0.6 is 0 Å². The molecule has 0 unspecified atom stereocenters. The second-order valence-corrected chi connectivity index (χ2v) is 9.61. The fourth-order valence-electron chi connectivity index (χ4n) is 4.61. The lowest BCUT2D eigenvalue weighted by Crippen LogP contribution is -2.68. The average Bonchev–Trinajstić information content (AvgIpc) is 2.92. The Bertz CT molecular complexity index is 1590. The van der Waals surface area contributed by atoms with Gasteiger partial charge in [-0.25, -0.2) is 4.79 Å². The Hall–Kier alpha value is -4.61. The van der Waals surface area contributed by atoms with Crippen LogP contribution in [0, 0.1) is 0 Å². The fraction of sp³-hybridized carbons (Fsp3) is 0.346. The molecule has 6 atom stereocenters. The number of nitrogens with one attached hydrogen (secondary N) is 1. The molecule has 226 valence electrons. The third-order valence-electron chi connectivity index (χ3n) is 6.63. The molecule has 1 fully saturated rings. The van der Waals surface area contributed by atoms with Crippen molar-refractivity contribution in [2.24, 2.45) is 0 Å². The van der Waals surface area contributed by atoms with Crippen LogP contribution in [0.2, 0.25) is 0 Å². The van der Waals surface area contributed by atoms with Crippen LogP contribution < -0.4 is 15.5 Å². The maximum Gasteiger partial charge on any atom is 0.377 e. The molecule has 3 aromatic rings. The van der Waals surface area contributed by atoms with E-state index < -0.39 is 112 Å². The maximum atomic E-state index is 12.9. The maximum absolute atomic E-state index is 12.9. The van der Waals surface area contributed by atoms with Crippen LogP contribution in [-0.2, 0) is 14.3 Å². The average molecular weight is 593 g/mol. The highest BCUT2D eigenvalue weighted by Crippen LogP contribution is 2.40. The van der Waals surface area contributed by atoms with Crippen LogP contribution in [0.15, 0.2) is 39.5 Å². The van der Waals surface area contributed by atoms with Crippen molar-refractivity contribution in [2.45, 2.75) is 49.6 Å². The first kappa shape index (κ1) is 30.4. The predicted molar refractivity (Wildman–Crippen MR) is 138 cm³/mol. The molecule has 1 aromatic heterocycles. The number of aliphatic carboxylic acids is 1. The minimum atomic E-state index is -2.82. The molecule has 0 spiro atoms. The standard InChI is InChI=1S/C26H27NO15/c1-9(29)27-19-15(33)7-26(25(38)39,42-24(19)20(35)16(34)8-28)41-11-5-14(32)18-17(6-11)40-23(22(37)21(18)36)10-2-3-12(30)13(31)4-10/h2-6,15-16,19-20,24,28,30-35,37H,7-8H2,1H3,(H,27,29)(H,38,39)/t15-,16+,19+,20+,24+,26+/m0/s1. The molecule has 0 bridgehead atoms. The van der Waals surface area contributed by atoms with Crippen LogP contribution in [0.25, 0.3) is 22.3 Å². The number of aromatic hydroxyl groups is 4. The first-order valence-corrected chi connectivity index (χ1v) is 12.3. The van der Waals surface area contributed by atoms with Crippen LogP contribution in [0.1, 0.15) is 13.3 Å². The second kappa shape index (κ2) is 11.3. The third-order valence-corrected chi connectivity index (χ3v) is 6.63. The topological polar surface area (TPSA) is 277 Å². The predicted octanol–water partition coefficient (Wildman–Crippen LogP) is -1.19. The van der Waals surface area contributed by atoms with E-state index in [1.807, 2.05) is 0 Å². The summed E-state index contributed by atoms with van der Waals surface area (Å²) in [6, 6.07) is 3.53. The smallest absolute Gasteiger partial charge is 0.377 e. The molecule has 1 aliphatic heterocycles. The lowest BCUT2D eigenvalue weighted by atomic mass is 9.88. The van der Waals surface area contributed by atoms with E-state index in [2.05, 4.69) is 5.32 Å². The molecule has 0 saturated carbocycles. The SMILES string of the molecule is CC(=O)N[C@H]1[C@H]([C@H](O)[C@H](O)CO)O[C@@](Oc2cc(O)c3c(=O)c(O)c(-c4ccc(O)c(O)c4)oc3c2)(C(=O)O)C[C@@H]1O. The van der Waals surface area contributed by atoms with Crippen molar-refractivity contribution in [1.29, 1.82) is 0 Å². The van der Waals surface area contributed by atoms with Crippen molar-refractivity contribution in [3.8, 4) is 40.1 Å². The van der Waals surface area contributed by atoms with Gasteiger partial charge in [0, 0.05) is 24.6 Å². The van der Waals surface area contributed by atoms with Gasteiger partial charge in [0.1, 0.15) is 40.8 Å².